The van der Waals surface area contributed by atoms with E-state index < -0.39 is 10.0 Å². The summed E-state index contributed by atoms with van der Waals surface area (Å²) in [7, 11) is -2.41. The first-order valence-corrected chi connectivity index (χ1v) is 9.39. The number of methoxy groups -OCH3 is 1. The van der Waals surface area contributed by atoms with Crippen LogP contribution in [0.5, 0.6) is 5.88 Å². The number of benzene rings is 1. The summed E-state index contributed by atoms with van der Waals surface area (Å²) in [5.41, 5.74) is 2.28. The molecule has 24 heavy (non-hydrogen) atoms. The number of ether oxygens (including phenoxy) is 1. The van der Waals surface area contributed by atoms with Gasteiger partial charge in [0.2, 0.25) is 5.88 Å². The fourth-order valence-electron chi connectivity index (χ4n) is 2.11. The van der Waals surface area contributed by atoms with Gasteiger partial charge in [-0.25, -0.2) is 9.97 Å². The minimum atomic E-state index is -3.83. The second-order valence-corrected chi connectivity index (χ2v) is 7.59. The third kappa shape index (κ3) is 3.39. The number of anilines is 1. The quantitative estimate of drug-likeness (QED) is 0.705. The lowest BCUT2D eigenvalue weighted by molar-refractivity contribution is 0.394. The number of sulfonamides is 1. The number of aryl methyl sites for hydroxylation is 1. The Morgan fingerprint density at radius 2 is 2.00 bits per heavy atom. The molecule has 2 aromatic heterocycles. The molecule has 6 nitrogen and oxygen atoms in total. The van der Waals surface area contributed by atoms with Crippen LogP contribution in [-0.2, 0) is 10.0 Å². The van der Waals surface area contributed by atoms with E-state index in [1.807, 2.05) is 42.6 Å². The van der Waals surface area contributed by atoms with Crippen LogP contribution in [0.4, 0.5) is 5.69 Å². The smallest absolute Gasteiger partial charge is 0.279 e. The van der Waals surface area contributed by atoms with Crippen molar-refractivity contribution in [1.82, 2.24) is 9.97 Å². The summed E-state index contributed by atoms with van der Waals surface area (Å²) in [4.78, 5) is 8.71. The zero-order chi connectivity index (χ0) is 17.2. The first-order chi connectivity index (χ1) is 11.5. The largest absolute Gasteiger partial charge is 0.481 e. The van der Waals surface area contributed by atoms with E-state index in [2.05, 4.69) is 14.7 Å². The molecule has 0 unspecified atom stereocenters. The summed E-state index contributed by atoms with van der Waals surface area (Å²) in [6.45, 7) is 1.84. The first-order valence-electron chi connectivity index (χ1n) is 7.03. The molecule has 0 fully saturated rings. The van der Waals surface area contributed by atoms with E-state index >= 15 is 0 Å². The molecule has 0 aliphatic heterocycles. The van der Waals surface area contributed by atoms with Gasteiger partial charge < -0.3 is 4.74 Å². The van der Waals surface area contributed by atoms with Crippen molar-refractivity contribution in [3.63, 3.8) is 0 Å². The second kappa shape index (κ2) is 6.58. The van der Waals surface area contributed by atoms with E-state index in [9.17, 15) is 8.42 Å². The number of hydrogen-bond donors (Lipinski definition) is 1. The first kappa shape index (κ1) is 16.4. The van der Waals surface area contributed by atoms with E-state index in [1.165, 1.54) is 13.2 Å². The Kier molecular flexibility index (Phi) is 4.50. The van der Waals surface area contributed by atoms with Crippen molar-refractivity contribution in [1.29, 1.82) is 0 Å². The molecule has 124 valence electrons. The number of aromatic nitrogens is 2. The van der Waals surface area contributed by atoms with Crippen LogP contribution in [0, 0.1) is 6.92 Å². The van der Waals surface area contributed by atoms with Gasteiger partial charge in [0.1, 0.15) is 6.33 Å². The van der Waals surface area contributed by atoms with Gasteiger partial charge in [0, 0.05) is 10.9 Å². The molecular weight excluding hydrogens is 346 g/mol. The van der Waals surface area contributed by atoms with Crippen LogP contribution in [0.3, 0.4) is 0 Å². The molecule has 2 heterocycles. The average Bonchev–Trinajstić information content (AvgIpc) is 3.11. The zero-order valence-corrected chi connectivity index (χ0v) is 14.7. The standard InChI is InChI=1S/C16H15N3O3S2/c1-11-5-6-12(14-4-3-7-23-14)8-13(11)19-24(20,21)16-9-15(22-2)17-10-18-16/h3-10,19H,1-2H3. The fraction of sp³-hybridized carbons (Fsp3) is 0.125. The molecule has 0 radical (unpaired) electrons. The van der Waals surface area contributed by atoms with E-state index in [-0.39, 0.29) is 10.9 Å². The molecule has 0 bridgehead atoms. The normalized spacial score (nSPS) is 11.2. The van der Waals surface area contributed by atoms with E-state index in [0.29, 0.717) is 5.69 Å². The maximum atomic E-state index is 12.6. The number of nitrogens with zero attached hydrogens (tertiary/aromatic N) is 2. The lowest BCUT2D eigenvalue weighted by Crippen LogP contribution is -2.15. The predicted octanol–water partition coefficient (Wildman–Crippen LogP) is 3.32. The summed E-state index contributed by atoms with van der Waals surface area (Å²) in [6.07, 6.45) is 1.16. The van der Waals surface area contributed by atoms with Gasteiger partial charge in [0.05, 0.1) is 12.8 Å². The highest BCUT2D eigenvalue weighted by atomic mass is 32.2. The van der Waals surface area contributed by atoms with Crippen LogP contribution in [0.15, 0.2) is 53.1 Å². The Balaban J connectivity index is 1.96. The molecule has 3 aromatic rings. The number of nitrogens with one attached hydrogen (secondary N) is 1. The van der Waals surface area contributed by atoms with Crippen molar-refractivity contribution in [3.05, 3.63) is 53.7 Å². The van der Waals surface area contributed by atoms with Crippen LogP contribution in [-0.4, -0.2) is 25.5 Å². The minimum Gasteiger partial charge on any atom is -0.481 e. The van der Waals surface area contributed by atoms with Crippen molar-refractivity contribution >= 4 is 27.0 Å². The molecule has 0 amide bonds. The van der Waals surface area contributed by atoms with Gasteiger partial charge in [-0.2, -0.15) is 8.42 Å². The van der Waals surface area contributed by atoms with Gasteiger partial charge in [-0.05, 0) is 35.6 Å². The van der Waals surface area contributed by atoms with Crippen molar-refractivity contribution in [2.45, 2.75) is 11.9 Å². The second-order valence-electron chi connectivity index (χ2n) is 5.01. The molecule has 0 saturated carbocycles. The molecule has 0 spiro atoms. The van der Waals surface area contributed by atoms with Crippen molar-refractivity contribution in [2.75, 3.05) is 11.8 Å². The molecule has 0 atom stereocenters. The fourth-order valence-corrected chi connectivity index (χ4v) is 3.89. The highest BCUT2D eigenvalue weighted by Crippen LogP contribution is 2.29. The SMILES string of the molecule is COc1cc(S(=O)(=O)Nc2cc(-c3cccs3)ccc2C)ncn1. The maximum absolute atomic E-state index is 12.6. The summed E-state index contributed by atoms with van der Waals surface area (Å²) in [6, 6.07) is 10.9. The Bertz CT molecular complexity index is 954. The Morgan fingerprint density at radius 3 is 2.71 bits per heavy atom. The molecule has 1 N–H and O–H groups in total. The lowest BCUT2D eigenvalue weighted by Gasteiger charge is -2.11. The number of rotatable bonds is 5. The van der Waals surface area contributed by atoms with Gasteiger partial charge in [-0.3, -0.25) is 4.72 Å². The highest BCUT2D eigenvalue weighted by molar-refractivity contribution is 7.92. The van der Waals surface area contributed by atoms with E-state index in [1.54, 1.807) is 11.3 Å². The van der Waals surface area contributed by atoms with E-state index in [4.69, 9.17) is 4.74 Å². The van der Waals surface area contributed by atoms with Gasteiger partial charge in [0.25, 0.3) is 10.0 Å². The average molecular weight is 361 g/mol. The molecule has 8 heteroatoms. The third-order valence-electron chi connectivity index (χ3n) is 3.39. The van der Waals surface area contributed by atoms with Crippen LogP contribution in [0.1, 0.15) is 5.56 Å². The van der Waals surface area contributed by atoms with Crippen molar-refractivity contribution < 1.29 is 13.2 Å². The van der Waals surface area contributed by atoms with E-state index in [0.717, 1.165) is 22.3 Å². The van der Waals surface area contributed by atoms with Crippen LogP contribution in [0.2, 0.25) is 0 Å². The summed E-state index contributed by atoms with van der Waals surface area (Å²) in [5.74, 6) is 0.189. The molecule has 0 aliphatic rings. The molecular formula is C16H15N3O3S2. The topological polar surface area (TPSA) is 81.2 Å². The molecule has 1 aromatic carbocycles. The van der Waals surface area contributed by atoms with Crippen molar-refractivity contribution in [2.24, 2.45) is 0 Å². The summed E-state index contributed by atoms with van der Waals surface area (Å²) < 4.78 is 32.7. The number of thiophene rings is 1. The monoisotopic (exact) mass is 361 g/mol. The highest BCUT2D eigenvalue weighted by Gasteiger charge is 2.18. The predicted molar refractivity (Wildman–Crippen MR) is 93.9 cm³/mol. The van der Waals surface area contributed by atoms with Gasteiger partial charge in [-0.15, -0.1) is 11.3 Å². The number of hydrogen-bond acceptors (Lipinski definition) is 6. The van der Waals surface area contributed by atoms with Gasteiger partial charge >= 0.3 is 0 Å². The Hall–Kier alpha value is -2.45. The summed E-state index contributed by atoms with van der Waals surface area (Å²) >= 11 is 1.60. The Morgan fingerprint density at radius 1 is 1.17 bits per heavy atom. The van der Waals surface area contributed by atoms with Gasteiger partial charge in [-0.1, -0.05) is 18.2 Å². The molecule has 3 rings (SSSR count). The van der Waals surface area contributed by atoms with Crippen LogP contribution in [0.25, 0.3) is 10.4 Å². The van der Waals surface area contributed by atoms with Gasteiger partial charge in [0.15, 0.2) is 5.03 Å². The molecule has 0 aliphatic carbocycles. The van der Waals surface area contributed by atoms with Crippen molar-refractivity contribution in [3.8, 4) is 16.3 Å². The maximum Gasteiger partial charge on any atom is 0.279 e. The molecule has 0 saturated heterocycles. The minimum absolute atomic E-state index is 0.143. The van der Waals surface area contributed by atoms with Crippen LogP contribution >= 0.6 is 11.3 Å². The Labute approximate surface area is 144 Å². The van der Waals surface area contributed by atoms with Crippen LogP contribution < -0.4 is 9.46 Å². The third-order valence-corrected chi connectivity index (χ3v) is 5.57. The lowest BCUT2D eigenvalue weighted by atomic mass is 10.1. The zero-order valence-electron chi connectivity index (χ0n) is 13.1. The summed E-state index contributed by atoms with van der Waals surface area (Å²) in [5, 5.41) is 1.84.